The van der Waals surface area contributed by atoms with Crippen molar-refractivity contribution in [1.82, 2.24) is 0 Å². The average molecular weight is 561 g/mol. The van der Waals surface area contributed by atoms with Gasteiger partial charge in [0.15, 0.2) is 6.04 Å². The van der Waals surface area contributed by atoms with E-state index in [2.05, 4.69) is 0 Å². The number of nitrogens with zero attached hydrogens (tertiary/aromatic N) is 2. The number of amides is 1. The van der Waals surface area contributed by atoms with Gasteiger partial charge in [0, 0.05) is 6.54 Å². The van der Waals surface area contributed by atoms with Crippen LogP contribution in [0.3, 0.4) is 0 Å². The Labute approximate surface area is 222 Å². The van der Waals surface area contributed by atoms with Crippen molar-refractivity contribution < 1.29 is 45.4 Å². The predicted octanol–water partition coefficient (Wildman–Crippen LogP) is 7.21. The predicted molar refractivity (Wildman–Crippen MR) is 133 cm³/mol. The maximum atomic E-state index is 13.7. The van der Waals surface area contributed by atoms with Crippen LogP contribution < -0.4 is 9.80 Å². The molecule has 0 radical (unpaired) electrons. The molecule has 6 nitrogen and oxygen atoms in total. The summed E-state index contributed by atoms with van der Waals surface area (Å²) >= 11 is 0. The molecule has 1 aliphatic rings. The van der Waals surface area contributed by atoms with Gasteiger partial charge in [0.05, 0.1) is 41.8 Å². The molecule has 1 unspecified atom stereocenters. The normalized spacial score (nSPS) is 16.7. The second-order valence-corrected chi connectivity index (χ2v) is 9.71. The molecule has 0 aliphatic carbocycles. The molecule has 0 spiro atoms. The van der Waals surface area contributed by atoms with Gasteiger partial charge < -0.3 is 14.4 Å². The molecule has 0 saturated carbocycles. The first-order valence-corrected chi connectivity index (χ1v) is 12.2. The van der Waals surface area contributed by atoms with Gasteiger partial charge in [0.2, 0.25) is 0 Å². The lowest BCUT2D eigenvalue weighted by atomic mass is 9.94. The summed E-state index contributed by atoms with van der Waals surface area (Å²) in [6.07, 6.45) is -11.0. The molecule has 0 N–H and O–H groups in total. The number of ether oxygens (including phenoxy) is 2. The zero-order valence-electron chi connectivity index (χ0n) is 22.3. The number of benzene rings is 2. The van der Waals surface area contributed by atoms with Crippen LogP contribution in [-0.2, 0) is 26.6 Å². The van der Waals surface area contributed by atoms with Crippen molar-refractivity contribution in [2.24, 2.45) is 0 Å². The van der Waals surface area contributed by atoms with Crippen LogP contribution in [0, 0.1) is 13.8 Å². The van der Waals surface area contributed by atoms with E-state index in [0.717, 1.165) is 18.2 Å². The SMILES string of the molecule is CC[C@H]1CN(C(C(=O)OC)c2cc(C(F)(F)F)cc(C(F)(F)F)c2)c2cc(C)c(C)cc2N1C(=O)OC(C)C. The zero-order chi connectivity index (χ0) is 29.4. The Balaban J connectivity index is 2.31. The lowest BCUT2D eigenvalue weighted by molar-refractivity contribution is -0.145. The fourth-order valence-corrected chi connectivity index (χ4v) is 4.57. The molecule has 2 atom stereocenters. The molecule has 0 fully saturated rings. The summed E-state index contributed by atoms with van der Waals surface area (Å²) < 4.78 is 92.3. The highest BCUT2D eigenvalue weighted by atomic mass is 19.4. The number of fused-ring (bicyclic) bond motifs is 1. The van der Waals surface area contributed by atoms with Crippen LogP contribution in [0.1, 0.15) is 61.1 Å². The number of rotatable bonds is 5. The highest BCUT2D eigenvalue weighted by Gasteiger charge is 2.43. The van der Waals surface area contributed by atoms with Gasteiger partial charge in [-0.15, -0.1) is 0 Å². The fraction of sp³-hybridized carbons (Fsp3) is 0.481. The number of esters is 1. The smallest absolute Gasteiger partial charge is 0.416 e. The Morgan fingerprint density at radius 2 is 1.44 bits per heavy atom. The molecule has 12 heteroatoms. The third kappa shape index (κ3) is 6.25. The average Bonchev–Trinajstić information content (AvgIpc) is 2.82. The lowest BCUT2D eigenvalue weighted by Gasteiger charge is -2.45. The first kappa shape index (κ1) is 30.1. The van der Waals surface area contributed by atoms with E-state index >= 15 is 0 Å². The number of hydrogen-bond acceptors (Lipinski definition) is 5. The summed E-state index contributed by atoms with van der Waals surface area (Å²) in [4.78, 5) is 29.1. The van der Waals surface area contributed by atoms with Crippen molar-refractivity contribution in [3.8, 4) is 0 Å². The van der Waals surface area contributed by atoms with Crippen LogP contribution in [0.4, 0.5) is 42.5 Å². The van der Waals surface area contributed by atoms with Gasteiger partial charge in [0.25, 0.3) is 0 Å². The molecular weight excluding hydrogens is 530 g/mol. The number of methoxy groups -OCH3 is 1. The maximum absolute atomic E-state index is 13.7. The minimum absolute atomic E-state index is 0.00794. The van der Waals surface area contributed by atoms with E-state index in [1.165, 1.54) is 9.80 Å². The largest absolute Gasteiger partial charge is 0.467 e. The number of aryl methyl sites for hydroxylation is 2. The van der Waals surface area contributed by atoms with E-state index < -0.39 is 59.3 Å². The molecule has 0 saturated heterocycles. The van der Waals surface area contributed by atoms with Gasteiger partial charge in [-0.1, -0.05) is 6.92 Å². The van der Waals surface area contributed by atoms with Crippen LogP contribution >= 0.6 is 0 Å². The third-order valence-electron chi connectivity index (χ3n) is 6.60. The molecular formula is C27H30F6N2O4. The molecule has 1 amide bonds. The molecule has 1 heterocycles. The van der Waals surface area contributed by atoms with Crippen molar-refractivity contribution in [2.75, 3.05) is 23.5 Å². The highest BCUT2D eigenvalue weighted by molar-refractivity contribution is 5.96. The summed E-state index contributed by atoms with van der Waals surface area (Å²) in [5, 5.41) is 0. The summed E-state index contributed by atoms with van der Waals surface area (Å²) in [6, 6.07) is 2.09. The van der Waals surface area contributed by atoms with Gasteiger partial charge in [-0.05, 0) is 81.1 Å². The standard InChI is InChI=1S/C27H30F6N2O4/c1-7-20-13-34(21-8-15(4)16(5)9-22(21)35(20)25(37)39-14(2)3)23(24(36)38-6)17-10-18(26(28,29)30)12-19(11-17)27(31,32)33/h8-12,14,20,23H,7,13H2,1-6H3/t20-,23?/m0/s1. The lowest BCUT2D eigenvalue weighted by Crippen LogP contribution is -2.54. The van der Waals surface area contributed by atoms with Gasteiger partial charge in [-0.25, -0.2) is 9.59 Å². The second kappa shape index (κ2) is 11.0. The van der Waals surface area contributed by atoms with E-state index in [9.17, 15) is 35.9 Å². The molecule has 2 aromatic carbocycles. The number of carbonyl (C=O) groups is 2. The summed E-state index contributed by atoms with van der Waals surface area (Å²) in [7, 11) is 1.00. The van der Waals surface area contributed by atoms with Crippen LogP contribution in [0.25, 0.3) is 0 Å². The van der Waals surface area contributed by atoms with Crippen LogP contribution in [0.2, 0.25) is 0 Å². The monoisotopic (exact) mass is 560 g/mol. The minimum atomic E-state index is -5.10. The molecule has 0 bridgehead atoms. The quantitative estimate of drug-likeness (QED) is 0.286. The van der Waals surface area contributed by atoms with Crippen molar-refractivity contribution in [3.63, 3.8) is 0 Å². The molecule has 3 rings (SSSR count). The Morgan fingerprint density at radius 1 is 0.923 bits per heavy atom. The number of alkyl halides is 6. The van der Waals surface area contributed by atoms with Crippen molar-refractivity contribution >= 4 is 23.4 Å². The third-order valence-corrected chi connectivity index (χ3v) is 6.60. The Bertz CT molecular complexity index is 1210. The van der Waals surface area contributed by atoms with Gasteiger partial charge in [-0.2, -0.15) is 26.3 Å². The Kier molecular flexibility index (Phi) is 8.47. The maximum Gasteiger partial charge on any atom is 0.416 e. The van der Waals surface area contributed by atoms with Crippen molar-refractivity contribution in [1.29, 1.82) is 0 Å². The first-order valence-electron chi connectivity index (χ1n) is 12.2. The van der Waals surface area contributed by atoms with E-state index in [4.69, 9.17) is 9.47 Å². The molecule has 214 valence electrons. The molecule has 0 aromatic heterocycles. The zero-order valence-corrected chi connectivity index (χ0v) is 22.3. The first-order chi connectivity index (χ1) is 18.0. The molecule has 2 aromatic rings. The van der Waals surface area contributed by atoms with E-state index in [-0.39, 0.29) is 18.3 Å². The van der Waals surface area contributed by atoms with Crippen LogP contribution in [0.5, 0.6) is 0 Å². The second-order valence-electron chi connectivity index (χ2n) is 9.71. The number of anilines is 2. The van der Waals surface area contributed by atoms with Crippen molar-refractivity contribution in [2.45, 2.75) is 71.6 Å². The van der Waals surface area contributed by atoms with Gasteiger partial charge in [0.1, 0.15) is 0 Å². The number of hydrogen-bond donors (Lipinski definition) is 0. The fourth-order valence-electron chi connectivity index (χ4n) is 4.57. The molecule has 1 aliphatic heterocycles. The van der Waals surface area contributed by atoms with Gasteiger partial charge >= 0.3 is 24.4 Å². The minimum Gasteiger partial charge on any atom is -0.467 e. The van der Waals surface area contributed by atoms with Gasteiger partial charge in [-0.3, -0.25) is 4.90 Å². The van der Waals surface area contributed by atoms with E-state index in [1.54, 1.807) is 46.8 Å². The highest BCUT2D eigenvalue weighted by Crippen LogP contribution is 2.45. The number of carbonyl (C=O) groups excluding carboxylic acids is 2. The van der Waals surface area contributed by atoms with E-state index in [1.807, 2.05) is 0 Å². The molecule has 39 heavy (non-hydrogen) atoms. The Morgan fingerprint density at radius 3 is 1.87 bits per heavy atom. The van der Waals surface area contributed by atoms with Crippen molar-refractivity contribution in [3.05, 3.63) is 58.1 Å². The summed E-state index contributed by atoms with van der Waals surface area (Å²) in [5.74, 6) is -1.06. The summed E-state index contributed by atoms with van der Waals surface area (Å²) in [5.41, 5.74) is -1.54. The number of halogens is 6. The summed E-state index contributed by atoms with van der Waals surface area (Å²) in [6.45, 7) is 8.59. The van der Waals surface area contributed by atoms with Crippen LogP contribution in [-0.4, -0.2) is 37.9 Å². The van der Waals surface area contributed by atoms with E-state index in [0.29, 0.717) is 24.2 Å². The van der Waals surface area contributed by atoms with Crippen LogP contribution in [0.15, 0.2) is 30.3 Å². The topological polar surface area (TPSA) is 59.1 Å². The Hall–Kier alpha value is -3.44.